The van der Waals surface area contributed by atoms with Gasteiger partial charge in [-0.1, -0.05) is 0 Å². The Morgan fingerprint density at radius 3 is 2.13 bits per heavy atom. The zero-order valence-corrected chi connectivity index (χ0v) is 18.3. The molecule has 0 aliphatic rings. The third-order valence-electron chi connectivity index (χ3n) is 4.30. The number of carbonyl (C=O) groups is 1. The van der Waals surface area contributed by atoms with Crippen molar-refractivity contribution in [1.29, 1.82) is 0 Å². The Labute approximate surface area is 178 Å². The van der Waals surface area contributed by atoms with Crippen molar-refractivity contribution >= 4 is 26.0 Å². The molecule has 0 fully saturated rings. The number of ketones is 1. The number of carbonyl (C=O) groups excluding carboxylic acids is 1. The van der Waals surface area contributed by atoms with Crippen LogP contribution in [0.4, 0.5) is 5.69 Å². The van der Waals surface area contributed by atoms with E-state index in [1.807, 2.05) is 4.94 Å². The molecular weight excluding hydrogens is 459 g/mol. The standard InChI is InChI=1S/C20H18N2O7Se/c1-26-15-6-5-11(7-14(15)22(24)25)13-10-30-20(21-13)18(23)12-8-16(27-2)19(29-4)17(9-12)28-3/h5-10H,1-4H3. The Bertz CT molecular complexity index is 1090. The first-order chi connectivity index (χ1) is 14.4. The number of ether oxygens (including phenoxy) is 4. The molecule has 9 nitrogen and oxygen atoms in total. The second-order valence-corrected chi connectivity index (χ2v) is 7.73. The molecular formula is C20H18N2O7Se. The minimum absolute atomic E-state index is 0.158. The van der Waals surface area contributed by atoms with Crippen LogP contribution in [-0.2, 0) is 0 Å². The monoisotopic (exact) mass is 478 g/mol. The van der Waals surface area contributed by atoms with Gasteiger partial charge in [0.05, 0.1) is 0 Å². The van der Waals surface area contributed by atoms with Crippen LogP contribution in [0, 0.1) is 10.1 Å². The molecule has 3 aromatic rings. The van der Waals surface area contributed by atoms with Crippen molar-refractivity contribution in [2.24, 2.45) is 0 Å². The topological polar surface area (TPSA) is 110 Å². The molecule has 0 saturated carbocycles. The van der Waals surface area contributed by atoms with Crippen LogP contribution < -0.4 is 18.9 Å². The van der Waals surface area contributed by atoms with E-state index in [1.54, 1.807) is 18.2 Å². The molecule has 0 N–H and O–H groups in total. The first-order valence-electron chi connectivity index (χ1n) is 8.56. The number of hydrogen-bond donors (Lipinski definition) is 0. The molecule has 2 aromatic carbocycles. The Kier molecular flexibility index (Phi) is 6.39. The SMILES string of the molecule is COc1ccc(-c2c[se]c(C(=O)c3cc(OC)c(OC)c(OC)c3)n2)cc1[N+](=O)[O-]. The summed E-state index contributed by atoms with van der Waals surface area (Å²) >= 11 is -0.332. The van der Waals surface area contributed by atoms with Crippen LogP contribution >= 0.6 is 0 Å². The molecule has 30 heavy (non-hydrogen) atoms. The van der Waals surface area contributed by atoms with Crippen LogP contribution in [0.1, 0.15) is 14.9 Å². The summed E-state index contributed by atoms with van der Waals surface area (Å²) in [4.78, 5) is 30.0. The molecule has 3 rings (SSSR count). The van der Waals surface area contributed by atoms with Crippen LogP contribution in [0.5, 0.6) is 23.0 Å². The summed E-state index contributed by atoms with van der Waals surface area (Å²) in [7, 11) is 5.79. The molecule has 0 saturated heterocycles. The average Bonchev–Trinajstić information content (AvgIpc) is 3.27. The Morgan fingerprint density at radius 2 is 1.60 bits per heavy atom. The van der Waals surface area contributed by atoms with Crippen molar-refractivity contribution < 1.29 is 28.7 Å². The molecule has 10 heteroatoms. The van der Waals surface area contributed by atoms with Gasteiger partial charge in [0.15, 0.2) is 0 Å². The molecule has 0 amide bonds. The van der Waals surface area contributed by atoms with Gasteiger partial charge in [-0.2, -0.15) is 0 Å². The Hall–Kier alpha value is -3.36. The van der Waals surface area contributed by atoms with Crippen molar-refractivity contribution in [1.82, 2.24) is 4.98 Å². The number of rotatable bonds is 8. The fraction of sp³-hybridized carbons (Fsp3) is 0.200. The van der Waals surface area contributed by atoms with Gasteiger partial charge >= 0.3 is 178 Å². The number of aromatic nitrogens is 1. The fourth-order valence-electron chi connectivity index (χ4n) is 2.84. The van der Waals surface area contributed by atoms with E-state index in [4.69, 9.17) is 18.9 Å². The van der Waals surface area contributed by atoms with Gasteiger partial charge in [-0.15, -0.1) is 0 Å². The summed E-state index contributed by atoms with van der Waals surface area (Å²) in [6.45, 7) is 0. The average molecular weight is 477 g/mol. The van der Waals surface area contributed by atoms with Gasteiger partial charge in [-0.3, -0.25) is 0 Å². The predicted molar refractivity (Wildman–Crippen MR) is 109 cm³/mol. The maximum absolute atomic E-state index is 13.0. The van der Waals surface area contributed by atoms with E-state index in [1.165, 1.54) is 40.6 Å². The van der Waals surface area contributed by atoms with E-state index in [0.29, 0.717) is 38.6 Å². The van der Waals surface area contributed by atoms with Gasteiger partial charge in [-0.25, -0.2) is 0 Å². The molecule has 1 heterocycles. The first-order valence-corrected chi connectivity index (χ1v) is 10.4. The van der Waals surface area contributed by atoms with Crippen molar-refractivity contribution in [3.8, 4) is 34.3 Å². The van der Waals surface area contributed by atoms with Gasteiger partial charge in [0.1, 0.15) is 0 Å². The van der Waals surface area contributed by atoms with Crippen LogP contribution in [0.25, 0.3) is 11.3 Å². The van der Waals surface area contributed by atoms with Crippen molar-refractivity contribution in [2.45, 2.75) is 0 Å². The van der Waals surface area contributed by atoms with Crippen molar-refractivity contribution in [3.05, 3.63) is 55.5 Å². The van der Waals surface area contributed by atoms with E-state index >= 15 is 0 Å². The molecule has 0 unspecified atom stereocenters. The number of benzene rings is 2. The zero-order valence-electron chi connectivity index (χ0n) is 16.6. The molecule has 0 bridgehead atoms. The number of hydrogen-bond acceptors (Lipinski definition) is 8. The summed E-state index contributed by atoms with van der Waals surface area (Å²) in [6.07, 6.45) is 0. The fourth-order valence-corrected chi connectivity index (χ4v) is 4.49. The van der Waals surface area contributed by atoms with E-state index in [0.717, 1.165) is 0 Å². The van der Waals surface area contributed by atoms with E-state index < -0.39 is 4.92 Å². The number of nitrogens with zero attached hydrogens (tertiary/aromatic N) is 2. The predicted octanol–water partition coefficient (Wildman–Crippen LogP) is 2.98. The van der Waals surface area contributed by atoms with Gasteiger partial charge in [0.25, 0.3) is 0 Å². The Balaban J connectivity index is 1.98. The quantitative estimate of drug-likeness (QED) is 0.211. The third-order valence-corrected chi connectivity index (χ3v) is 6.06. The van der Waals surface area contributed by atoms with Gasteiger partial charge in [0, 0.05) is 0 Å². The van der Waals surface area contributed by atoms with Crippen LogP contribution in [0.2, 0.25) is 0 Å². The minimum atomic E-state index is -0.519. The molecule has 0 spiro atoms. The summed E-state index contributed by atoms with van der Waals surface area (Å²) in [5.74, 6) is 1.00. The molecule has 0 aliphatic carbocycles. The Morgan fingerprint density at radius 1 is 0.967 bits per heavy atom. The number of nitro groups is 1. The normalized spacial score (nSPS) is 10.4. The van der Waals surface area contributed by atoms with Gasteiger partial charge in [0.2, 0.25) is 0 Å². The first kappa shape index (κ1) is 21.4. The molecule has 1 aromatic heterocycles. The van der Waals surface area contributed by atoms with Crippen LogP contribution in [0.15, 0.2) is 35.3 Å². The third kappa shape index (κ3) is 4.00. The van der Waals surface area contributed by atoms with Crippen molar-refractivity contribution in [3.63, 3.8) is 0 Å². The second kappa shape index (κ2) is 8.98. The summed E-state index contributed by atoms with van der Waals surface area (Å²) < 4.78 is 21.3. The van der Waals surface area contributed by atoms with E-state index in [-0.39, 0.29) is 31.7 Å². The zero-order chi connectivity index (χ0) is 21.8. The maximum atomic E-state index is 13.0. The van der Waals surface area contributed by atoms with E-state index in [9.17, 15) is 14.9 Å². The second-order valence-electron chi connectivity index (χ2n) is 5.92. The van der Waals surface area contributed by atoms with Crippen molar-refractivity contribution in [2.75, 3.05) is 28.4 Å². The van der Waals surface area contributed by atoms with Crippen LogP contribution in [-0.4, -0.2) is 58.6 Å². The molecule has 156 valence electrons. The van der Waals surface area contributed by atoms with Gasteiger partial charge < -0.3 is 0 Å². The summed E-state index contributed by atoms with van der Waals surface area (Å²) in [6, 6.07) is 7.70. The number of methoxy groups -OCH3 is 4. The molecule has 0 aliphatic heterocycles. The summed E-state index contributed by atoms with van der Waals surface area (Å²) in [5, 5.41) is 11.3. The summed E-state index contributed by atoms with van der Waals surface area (Å²) in [5.41, 5.74) is 1.23. The molecule has 0 atom stereocenters. The van der Waals surface area contributed by atoms with Crippen LogP contribution in [0.3, 0.4) is 0 Å². The van der Waals surface area contributed by atoms with E-state index in [2.05, 4.69) is 4.98 Å². The molecule has 0 radical (unpaired) electrons. The van der Waals surface area contributed by atoms with Gasteiger partial charge in [-0.05, 0) is 0 Å². The number of nitro benzene ring substituents is 1.